The second kappa shape index (κ2) is 6.99. The van der Waals surface area contributed by atoms with Crippen molar-refractivity contribution in [2.45, 2.75) is 39.7 Å². The second-order valence-corrected chi connectivity index (χ2v) is 6.15. The predicted molar refractivity (Wildman–Crippen MR) is 83.6 cm³/mol. The molecule has 1 aromatic carbocycles. The van der Waals surface area contributed by atoms with Crippen LogP contribution < -0.4 is 5.32 Å². The minimum absolute atomic E-state index is 0.512. The van der Waals surface area contributed by atoms with Crippen molar-refractivity contribution in [1.82, 2.24) is 15.5 Å². The maximum absolute atomic E-state index is 5.72. The van der Waals surface area contributed by atoms with E-state index in [2.05, 4.69) is 51.4 Å². The molecule has 0 saturated heterocycles. The molecule has 0 amide bonds. The Balaban J connectivity index is 1.98. The largest absolute Gasteiger partial charge is 0.421 e. The Morgan fingerprint density at radius 2 is 2.05 bits per heavy atom. The van der Waals surface area contributed by atoms with E-state index in [9.17, 15) is 0 Å². The molecule has 0 unspecified atom stereocenters. The highest BCUT2D eigenvalue weighted by atomic mass is 79.9. The first-order valence-electron chi connectivity index (χ1n) is 6.88. The summed E-state index contributed by atoms with van der Waals surface area (Å²) in [4.78, 5) is 0. The summed E-state index contributed by atoms with van der Waals surface area (Å²) in [6.07, 6.45) is 1.80. The molecule has 0 radical (unpaired) electrons. The van der Waals surface area contributed by atoms with Crippen molar-refractivity contribution < 1.29 is 4.42 Å². The number of nitrogens with zero attached hydrogens (tertiary/aromatic N) is 2. The van der Waals surface area contributed by atoms with Crippen LogP contribution in [0, 0.1) is 6.92 Å². The van der Waals surface area contributed by atoms with Crippen molar-refractivity contribution in [1.29, 1.82) is 0 Å². The van der Waals surface area contributed by atoms with Crippen molar-refractivity contribution in [3.05, 3.63) is 34.1 Å². The Hall–Kier alpha value is -1.20. The first-order valence-corrected chi connectivity index (χ1v) is 7.67. The van der Waals surface area contributed by atoms with E-state index in [0.29, 0.717) is 17.8 Å². The summed E-state index contributed by atoms with van der Waals surface area (Å²) < 4.78 is 6.74. The molecule has 1 heterocycles. The molecule has 0 aliphatic rings. The number of hydrogen-bond donors (Lipinski definition) is 1. The molecule has 0 spiro atoms. The summed E-state index contributed by atoms with van der Waals surface area (Å²) in [6, 6.07) is 6.60. The van der Waals surface area contributed by atoms with Crippen molar-refractivity contribution >= 4 is 15.9 Å². The van der Waals surface area contributed by atoms with Gasteiger partial charge in [-0.05, 0) is 43.7 Å². The monoisotopic (exact) mass is 337 g/mol. The Morgan fingerprint density at radius 3 is 2.75 bits per heavy atom. The van der Waals surface area contributed by atoms with Gasteiger partial charge in [0.15, 0.2) is 0 Å². The minimum Gasteiger partial charge on any atom is -0.421 e. The zero-order valence-corrected chi connectivity index (χ0v) is 13.7. The number of rotatable bonds is 6. The van der Waals surface area contributed by atoms with E-state index in [0.717, 1.165) is 35.0 Å². The van der Waals surface area contributed by atoms with E-state index in [1.54, 1.807) is 0 Å². The molecule has 108 valence electrons. The molecule has 2 rings (SSSR count). The standard InChI is InChI=1S/C15H20BrN3O/c1-10(2)17-6-4-5-14-18-19-15(20-14)12-7-11(3)8-13(16)9-12/h7-10,17H,4-6H2,1-3H3. The van der Waals surface area contributed by atoms with E-state index >= 15 is 0 Å². The zero-order valence-electron chi connectivity index (χ0n) is 12.1. The number of aryl methyl sites for hydroxylation is 2. The van der Waals surface area contributed by atoms with Crippen LogP contribution in [-0.2, 0) is 6.42 Å². The Morgan fingerprint density at radius 1 is 1.25 bits per heavy atom. The average molecular weight is 338 g/mol. The molecule has 0 aliphatic heterocycles. The van der Waals surface area contributed by atoms with Crippen LogP contribution in [0.1, 0.15) is 31.7 Å². The van der Waals surface area contributed by atoms with Gasteiger partial charge in [0, 0.05) is 22.5 Å². The number of halogens is 1. The van der Waals surface area contributed by atoms with Crippen molar-refractivity contribution in [3.8, 4) is 11.5 Å². The SMILES string of the molecule is Cc1cc(Br)cc(-c2nnc(CCCNC(C)C)o2)c1. The van der Waals surface area contributed by atoms with Gasteiger partial charge in [0.2, 0.25) is 11.8 Å². The summed E-state index contributed by atoms with van der Waals surface area (Å²) in [5.41, 5.74) is 2.12. The molecule has 0 atom stereocenters. The third-order valence-corrected chi connectivity index (χ3v) is 3.33. The lowest BCUT2D eigenvalue weighted by Gasteiger charge is -2.05. The third kappa shape index (κ3) is 4.42. The van der Waals surface area contributed by atoms with Gasteiger partial charge in [-0.2, -0.15) is 0 Å². The van der Waals surface area contributed by atoms with Crippen LogP contribution in [0.15, 0.2) is 27.1 Å². The van der Waals surface area contributed by atoms with E-state index in [1.165, 1.54) is 0 Å². The van der Waals surface area contributed by atoms with E-state index < -0.39 is 0 Å². The summed E-state index contributed by atoms with van der Waals surface area (Å²) in [6.45, 7) is 7.29. The van der Waals surface area contributed by atoms with Gasteiger partial charge in [-0.15, -0.1) is 10.2 Å². The van der Waals surface area contributed by atoms with Crippen LogP contribution in [0.2, 0.25) is 0 Å². The average Bonchev–Trinajstić information content (AvgIpc) is 2.82. The Bertz CT molecular complexity index is 546. The molecule has 5 heteroatoms. The normalized spacial score (nSPS) is 11.2. The van der Waals surface area contributed by atoms with E-state index in [1.807, 2.05) is 19.1 Å². The minimum atomic E-state index is 0.512. The quantitative estimate of drug-likeness (QED) is 0.816. The van der Waals surface area contributed by atoms with Gasteiger partial charge < -0.3 is 9.73 Å². The number of hydrogen-bond acceptors (Lipinski definition) is 4. The van der Waals surface area contributed by atoms with Gasteiger partial charge in [0.25, 0.3) is 0 Å². The van der Waals surface area contributed by atoms with Crippen molar-refractivity contribution in [2.24, 2.45) is 0 Å². The van der Waals surface area contributed by atoms with E-state index in [-0.39, 0.29) is 0 Å². The zero-order chi connectivity index (χ0) is 14.5. The van der Waals surface area contributed by atoms with Crippen LogP contribution in [0.3, 0.4) is 0 Å². The molecular formula is C15H20BrN3O. The fraction of sp³-hybridized carbons (Fsp3) is 0.467. The van der Waals surface area contributed by atoms with Gasteiger partial charge in [-0.1, -0.05) is 29.8 Å². The molecule has 0 bridgehead atoms. The first-order chi connectivity index (χ1) is 9.54. The van der Waals surface area contributed by atoms with Crippen LogP contribution >= 0.6 is 15.9 Å². The highest BCUT2D eigenvalue weighted by Gasteiger charge is 2.09. The van der Waals surface area contributed by atoms with Gasteiger partial charge in [0.05, 0.1) is 0 Å². The highest BCUT2D eigenvalue weighted by Crippen LogP contribution is 2.24. The maximum Gasteiger partial charge on any atom is 0.247 e. The number of nitrogens with one attached hydrogen (secondary N) is 1. The lowest BCUT2D eigenvalue weighted by molar-refractivity contribution is 0.484. The van der Waals surface area contributed by atoms with Crippen molar-refractivity contribution in [3.63, 3.8) is 0 Å². The lowest BCUT2D eigenvalue weighted by Crippen LogP contribution is -2.23. The molecular weight excluding hydrogens is 318 g/mol. The molecule has 2 aromatic rings. The van der Waals surface area contributed by atoms with E-state index in [4.69, 9.17) is 4.42 Å². The number of aromatic nitrogens is 2. The van der Waals surface area contributed by atoms with Crippen molar-refractivity contribution in [2.75, 3.05) is 6.54 Å². The lowest BCUT2D eigenvalue weighted by atomic mass is 10.1. The molecule has 1 N–H and O–H groups in total. The Labute approximate surface area is 128 Å². The highest BCUT2D eigenvalue weighted by molar-refractivity contribution is 9.10. The van der Waals surface area contributed by atoms with Gasteiger partial charge in [-0.3, -0.25) is 0 Å². The summed E-state index contributed by atoms with van der Waals surface area (Å²) in [5, 5.41) is 11.6. The maximum atomic E-state index is 5.72. The fourth-order valence-corrected chi connectivity index (χ4v) is 2.57. The molecule has 0 aliphatic carbocycles. The third-order valence-electron chi connectivity index (χ3n) is 2.88. The molecule has 1 aromatic heterocycles. The van der Waals surface area contributed by atoms with Crippen LogP contribution in [-0.4, -0.2) is 22.8 Å². The summed E-state index contributed by atoms with van der Waals surface area (Å²) in [5.74, 6) is 1.28. The topological polar surface area (TPSA) is 51.0 Å². The molecule has 0 saturated carbocycles. The number of benzene rings is 1. The molecule has 20 heavy (non-hydrogen) atoms. The van der Waals surface area contributed by atoms with Crippen LogP contribution in [0.5, 0.6) is 0 Å². The molecule has 4 nitrogen and oxygen atoms in total. The van der Waals surface area contributed by atoms with Gasteiger partial charge in [0.1, 0.15) is 0 Å². The van der Waals surface area contributed by atoms with Gasteiger partial charge in [-0.25, -0.2) is 0 Å². The summed E-state index contributed by atoms with van der Waals surface area (Å²) >= 11 is 3.48. The first kappa shape index (κ1) is 15.2. The fourth-order valence-electron chi connectivity index (χ4n) is 1.96. The van der Waals surface area contributed by atoms with Gasteiger partial charge >= 0.3 is 0 Å². The molecule has 0 fully saturated rings. The predicted octanol–water partition coefficient (Wildman–Crippen LogP) is 3.74. The Kier molecular flexibility index (Phi) is 5.31. The second-order valence-electron chi connectivity index (χ2n) is 5.23. The van der Waals surface area contributed by atoms with Crippen LogP contribution in [0.25, 0.3) is 11.5 Å². The summed E-state index contributed by atoms with van der Waals surface area (Å²) in [7, 11) is 0. The smallest absolute Gasteiger partial charge is 0.247 e. The van der Waals surface area contributed by atoms with Crippen LogP contribution in [0.4, 0.5) is 0 Å².